The molecular formula is C8H15N3O3S2. The van der Waals surface area contributed by atoms with Crippen molar-refractivity contribution < 1.29 is 13.5 Å². The average molecular weight is 265 g/mol. The molecular weight excluding hydrogens is 250 g/mol. The number of sulfonamides is 1. The van der Waals surface area contributed by atoms with Crippen LogP contribution in [0.4, 0.5) is 5.13 Å². The van der Waals surface area contributed by atoms with Gasteiger partial charge in [-0.25, -0.2) is 13.4 Å². The van der Waals surface area contributed by atoms with E-state index in [-0.39, 0.29) is 15.9 Å². The van der Waals surface area contributed by atoms with Gasteiger partial charge in [-0.1, -0.05) is 11.3 Å². The van der Waals surface area contributed by atoms with Gasteiger partial charge in [0, 0.05) is 13.6 Å². The van der Waals surface area contributed by atoms with Crippen molar-refractivity contribution in [2.45, 2.75) is 24.2 Å². The molecule has 0 aliphatic carbocycles. The lowest BCUT2D eigenvalue weighted by atomic mass is 10.4. The van der Waals surface area contributed by atoms with Crippen molar-refractivity contribution in [2.24, 2.45) is 0 Å². The van der Waals surface area contributed by atoms with Crippen molar-refractivity contribution in [3.63, 3.8) is 0 Å². The van der Waals surface area contributed by atoms with E-state index < -0.39 is 16.1 Å². The molecule has 0 aliphatic rings. The van der Waals surface area contributed by atoms with E-state index in [1.165, 1.54) is 14.0 Å². The lowest BCUT2D eigenvalue weighted by Gasteiger charge is -2.17. The van der Waals surface area contributed by atoms with Gasteiger partial charge in [-0.15, -0.1) is 0 Å². The van der Waals surface area contributed by atoms with E-state index in [1.54, 1.807) is 6.92 Å². The molecule has 1 unspecified atom stereocenters. The molecule has 0 amide bonds. The number of aryl methyl sites for hydroxylation is 1. The molecule has 1 aromatic rings. The highest BCUT2D eigenvalue weighted by Crippen LogP contribution is 2.27. The van der Waals surface area contributed by atoms with Crippen LogP contribution in [0.15, 0.2) is 4.21 Å². The first-order valence-corrected chi connectivity index (χ1v) is 6.88. The quantitative estimate of drug-likeness (QED) is 0.801. The minimum atomic E-state index is -3.59. The van der Waals surface area contributed by atoms with Gasteiger partial charge < -0.3 is 10.8 Å². The summed E-state index contributed by atoms with van der Waals surface area (Å²) in [5, 5.41) is 9.39. The smallest absolute Gasteiger partial charge is 0.254 e. The van der Waals surface area contributed by atoms with Crippen molar-refractivity contribution in [1.29, 1.82) is 0 Å². The number of aliphatic hydroxyl groups is 1. The molecule has 0 radical (unpaired) electrons. The summed E-state index contributed by atoms with van der Waals surface area (Å²) < 4.78 is 25.3. The lowest BCUT2D eigenvalue weighted by Crippen LogP contribution is -2.33. The SMILES string of the molecule is Cc1nc(N)sc1S(=O)(=O)N(C)CC(C)O. The van der Waals surface area contributed by atoms with Crippen LogP contribution in [0.2, 0.25) is 0 Å². The maximum Gasteiger partial charge on any atom is 0.254 e. The van der Waals surface area contributed by atoms with Crippen molar-refractivity contribution in [3.8, 4) is 0 Å². The first-order valence-electron chi connectivity index (χ1n) is 4.62. The van der Waals surface area contributed by atoms with Crippen LogP contribution in [0.5, 0.6) is 0 Å². The number of hydrogen-bond donors (Lipinski definition) is 2. The van der Waals surface area contributed by atoms with Crippen molar-refractivity contribution in [1.82, 2.24) is 9.29 Å². The zero-order valence-corrected chi connectivity index (χ0v) is 11.0. The summed E-state index contributed by atoms with van der Waals surface area (Å²) in [4.78, 5) is 3.87. The van der Waals surface area contributed by atoms with Gasteiger partial charge in [0.25, 0.3) is 10.0 Å². The fourth-order valence-corrected chi connectivity index (χ4v) is 3.99. The molecule has 0 bridgehead atoms. The third-order valence-corrected chi connectivity index (χ3v) is 5.33. The lowest BCUT2D eigenvalue weighted by molar-refractivity contribution is 0.171. The number of thiazole rings is 1. The molecule has 1 aromatic heterocycles. The number of aliphatic hydroxyl groups excluding tert-OH is 1. The number of aromatic nitrogens is 1. The van der Waals surface area contributed by atoms with E-state index >= 15 is 0 Å². The van der Waals surface area contributed by atoms with Crippen LogP contribution >= 0.6 is 11.3 Å². The van der Waals surface area contributed by atoms with Crippen LogP contribution in [-0.2, 0) is 10.0 Å². The monoisotopic (exact) mass is 265 g/mol. The molecule has 0 aromatic carbocycles. The maximum absolute atomic E-state index is 12.0. The van der Waals surface area contributed by atoms with Crippen LogP contribution in [0, 0.1) is 6.92 Å². The standard InChI is InChI=1S/C8H15N3O3S2/c1-5(12)4-11(3)16(13,14)7-6(2)10-8(9)15-7/h5,12H,4H2,1-3H3,(H2,9,10). The summed E-state index contributed by atoms with van der Waals surface area (Å²) in [6, 6.07) is 0. The fraction of sp³-hybridized carbons (Fsp3) is 0.625. The van der Waals surface area contributed by atoms with Gasteiger partial charge in [0.1, 0.15) is 0 Å². The number of anilines is 1. The second kappa shape index (κ2) is 4.66. The van der Waals surface area contributed by atoms with E-state index in [4.69, 9.17) is 10.8 Å². The van der Waals surface area contributed by atoms with Gasteiger partial charge in [0.2, 0.25) is 0 Å². The summed E-state index contributed by atoms with van der Waals surface area (Å²) in [7, 11) is -2.18. The number of nitrogens with two attached hydrogens (primary N) is 1. The molecule has 0 fully saturated rings. The second-order valence-electron chi connectivity index (χ2n) is 3.56. The molecule has 0 saturated carbocycles. The topological polar surface area (TPSA) is 96.5 Å². The van der Waals surface area contributed by atoms with Crippen LogP contribution < -0.4 is 5.73 Å². The van der Waals surface area contributed by atoms with Gasteiger partial charge >= 0.3 is 0 Å². The molecule has 3 N–H and O–H groups in total. The molecule has 92 valence electrons. The van der Waals surface area contributed by atoms with Crippen LogP contribution in [0.25, 0.3) is 0 Å². The van der Waals surface area contributed by atoms with Gasteiger partial charge in [-0.2, -0.15) is 4.31 Å². The van der Waals surface area contributed by atoms with E-state index in [2.05, 4.69) is 4.98 Å². The van der Waals surface area contributed by atoms with Gasteiger partial charge in [-0.05, 0) is 13.8 Å². The first-order chi connectivity index (χ1) is 7.25. The number of rotatable bonds is 4. The zero-order chi connectivity index (χ0) is 12.5. The summed E-state index contributed by atoms with van der Waals surface area (Å²) >= 11 is 0.932. The largest absolute Gasteiger partial charge is 0.392 e. The normalized spacial score (nSPS) is 14.3. The Labute approximate surface area is 98.8 Å². The highest BCUT2D eigenvalue weighted by atomic mass is 32.2. The number of likely N-dealkylation sites (N-methyl/N-ethyl adjacent to an activating group) is 1. The summed E-state index contributed by atoms with van der Waals surface area (Å²) in [5.74, 6) is 0. The van der Waals surface area contributed by atoms with Crippen molar-refractivity contribution >= 4 is 26.5 Å². The van der Waals surface area contributed by atoms with Crippen molar-refractivity contribution in [2.75, 3.05) is 19.3 Å². The predicted octanol–water partition coefficient (Wildman–Crippen LogP) is 0.0350. The van der Waals surface area contributed by atoms with Crippen molar-refractivity contribution in [3.05, 3.63) is 5.69 Å². The summed E-state index contributed by atoms with van der Waals surface area (Å²) in [5.41, 5.74) is 5.84. The van der Waals surface area contributed by atoms with Gasteiger partial charge in [0.05, 0.1) is 11.8 Å². The van der Waals surface area contributed by atoms with Crippen LogP contribution in [-0.4, -0.2) is 42.5 Å². The van der Waals surface area contributed by atoms with Gasteiger partial charge in [-0.3, -0.25) is 0 Å². The first kappa shape index (κ1) is 13.4. The Morgan fingerprint density at radius 2 is 2.19 bits per heavy atom. The molecule has 8 heteroatoms. The molecule has 1 rings (SSSR count). The van der Waals surface area contributed by atoms with Gasteiger partial charge in [0.15, 0.2) is 9.34 Å². The third-order valence-electron chi connectivity index (χ3n) is 1.94. The Hall–Kier alpha value is -0.700. The predicted molar refractivity (Wildman–Crippen MR) is 62.8 cm³/mol. The maximum atomic E-state index is 12.0. The molecule has 6 nitrogen and oxygen atoms in total. The highest BCUT2D eigenvalue weighted by molar-refractivity contribution is 7.91. The Balaban J connectivity index is 3.07. The van der Waals surface area contributed by atoms with Crippen LogP contribution in [0.1, 0.15) is 12.6 Å². The third kappa shape index (κ3) is 2.70. The molecule has 0 aliphatic heterocycles. The van der Waals surface area contributed by atoms with E-state index in [0.717, 1.165) is 15.6 Å². The Morgan fingerprint density at radius 3 is 2.56 bits per heavy atom. The molecule has 1 atom stereocenters. The highest BCUT2D eigenvalue weighted by Gasteiger charge is 2.26. The van der Waals surface area contributed by atoms with Crippen LogP contribution in [0.3, 0.4) is 0 Å². The molecule has 0 saturated heterocycles. The molecule has 16 heavy (non-hydrogen) atoms. The summed E-state index contributed by atoms with van der Waals surface area (Å²) in [6.07, 6.45) is -0.717. The summed E-state index contributed by atoms with van der Waals surface area (Å²) in [6.45, 7) is 3.16. The Kier molecular flexibility index (Phi) is 3.89. The zero-order valence-electron chi connectivity index (χ0n) is 9.34. The Morgan fingerprint density at radius 1 is 1.62 bits per heavy atom. The number of nitrogens with zero attached hydrogens (tertiary/aromatic N) is 2. The second-order valence-corrected chi connectivity index (χ2v) is 6.83. The Bertz CT molecular complexity index is 467. The average Bonchev–Trinajstić information content (AvgIpc) is 2.44. The molecule has 1 heterocycles. The van der Waals surface area contributed by atoms with E-state index in [0.29, 0.717) is 5.69 Å². The van der Waals surface area contributed by atoms with E-state index in [9.17, 15) is 8.42 Å². The fourth-order valence-electron chi connectivity index (χ4n) is 1.25. The minimum Gasteiger partial charge on any atom is -0.392 e. The number of nitrogen functional groups attached to an aromatic ring is 1. The molecule has 0 spiro atoms. The van der Waals surface area contributed by atoms with E-state index in [1.807, 2.05) is 0 Å². The minimum absolute atomic E-state index is 0.0412. The number of hydrogen-bond acceptors (Lipinski definition) is 6.